The van der Waals surface area contributed by atoms with Crippen LogP contribution in [0.3, 0.4) is 0 Å². The van der Waals surface area contributed by atoms with Gasteiger partial charge in [-0.05, 0) is 68.8 Å². The van der Waals surface area contributed by atoms with E-state index in [0.717, 1.165) is 10.9 Å². The van der Waals surface area contributed by atoms with Crippen molar-refractivity contribution in [2.45, 2.75) is 39.5 Å². The maximum absolute atomic E-state index is 12.3. The number of ether oxygens (including phenoxy) is 4. The van der Waals surface area contributed by atoms with E-state index in [9.17, 15) is 9.90 Å². The standard InChI is InChI=1S/C30H34N4O6/c1-6-39-27-13-19(8-12-25(27)40-18(2)3)28(30(35)36)34-21-9-11-23-24(14-21)32-17-33-29(23)31-16-20-7-10-22(37-4)15-26(20)38-5/h7-15,17-18,28,34H,6,16H2,1-5H3,(H,35,36)(H,31,32,33). The number of aliphatic carboxylic acids is 1. The molecule has 1 unspecified atom stereocenters. The summed E-state index contributed by atoms with van der Waals surface area (Å²) in [6, 6.07) is 15.2. The molecule has 0 amide bonds. The molecule has 0 aliphatic heterocycles. The molecular formula is C30H34N4O6. The summed E-state index contributed by atoms with van der Waals surface area (Å²) in [5.41, 5.74) is 2.73. The van der Waals surface area contributed by atoms with E-state index in [1.54, 1.807) is 44.6 Å². The van der Waals surface area contributed by atoms with Crippen molar-refractivity contribution in [3.05, 3.63) is 72.1 Å². The molecule has 0 saturated heterocycles. The molecule has 0 spiro atoms. The molecule has 1 heterocycles. The molecule has 1 aromatic heterocycles. The number of carbonyl (C=O) groups is 1. The highest BCUT2D eigenvalue weighted by Crippen LogP contribution is 2.33. The summed E-state index contributed by atoms with van der Waals surface area (Å²) < 4.78 is 22.3. The third kappa shape index (κ3) is 6.63. The number of carboxylic acids is 1. The quantitative estimate of drug-likeness (QED) is 0.193. The van der Waals surface area contributed by atoms with Crippen molar-refractivity contribution >= 4 is 28.4 Å². The van der Waals surface area contributed by atoms with Gasteiger partial charge in [-0.15, -0.1) is 0 Å². The Hall–Kier alpha value is -4.73. The molecule has 1 atom stereocenters. The summed E-state index contributed by atoms with van der Waals surface area (Å²) in [4.78, 5) is 21.1. The summed E-state index contributed by atoms with van der Waals surface area (Å²) in [5, 5.41) is 17.3. The van der Waals surface area contributed by atoms with E-state index in [0.29, 0.717) is 58.7 Å². The van der Waals surface area contributed by atoms with Crippen molar-refractivity contribution in [1.29, 1.82) is 0 Å². The SMILES string of the molecule is CCOc1cc(C(Nc2ccc3c(NCc4ccc(OC)cc4OC)ncnc3c2)C(=O)O)ccc1OC(C)C. The van der Waals surface area contributed by atoms with Crippen LogP contribution < -0.4 is 29.6 Å². The summed E-state index contributed by atoms with van der Waals surface area (Å²) in [5.74, 6) is 2.09. The van der Waals surface area contributed by atoms with Crippen LogP contribution in [0, 0.1) is 0 Å². The van der Waals surface area contributed by atoms with Gasteiger partial charge in [0.2, 0.25) is 0 Å². The van der Waals surface area contributed by atoms with E-state index in [4.69, 9.17) is 18.9 Å². The van der Waals surface area contributed by atoms with E-state index < -0.39 is 12.0 Å². The summed E-state index contributed by atoms with van der Waals surface area (Å²) in [7, 11) is 3.22. The topological polar surface area (TPSA) is 124 Å². The molecule has 40 heavy (non-hydrogen) atoms. The molecule has 3 N–H and O–H groups in total. The van der Waals surface area contributed by atoms with Crippen LogP contribution in [0.2, 0.25) is 0 Å². The van der Waals surface area contributed by atoms with Gasteiger partial charge in [-0.25, -0.2) is 14.8 Å². The largest absolute Gasteiger partial charge is 0.497 e. The number of rotatable bonds is 13. The highest BCUT2D eigenvalue weighted by atomic mass is 16.5. The molecule has 0 aliphatic carbocycles. The summed E-state index contributed by atoms with van der Waals surface area (Å²) >= 11 is 0. The first-order chi connectivity index (χ1) is 19.3. The normalized spacial score (nSPS) is 11.7. The fourth-order valence-electron chi connectivity index (χ4n) is 4.24. The maximum atomic E-state index is 12.3. The number of hydrogen-bond acceptors (Lipinski definition) is 9. The Balaban J connectivity index is 1.56. The highest BCUT2D eigenvalue weighted by Gasteiger charge is 2.22. The lowest BCUT2D eigenvalue weighted by Crippen LogP contribution is -2.20. The lowest BCUT2D eigenvalue weighted by molar-refractivity contribution is -0.138. The van der Waals surface area contributed by atoms with E-state index in [1.165, 1.54) is 6.33 Å². The van der Waals surface area contributed by atoms with E-state index in [2.05, 4.69) is 20.6 Å². The van der Waals surface area contributed by atoms with Crippen LogP contribution in [-0.2, 0) is 11.3 Å². The molecule has 0 radical (unpaired) electrons. The van der Waals surface area contributed by atoms with E-state index in [1.807, 2.05) is 45.0 Å². The van der Waals surface area contributed by atoms with E-state index >= 15 is 0 Å². The van der Waals surface area contributed by atoms with Crippen molar-refractivity contribution in [2.24, 2.45) is 0 Å². The molecule has 0 aliphatic rings. The molecule has 0 fully saturated rings. The van der Waals surface area contributed by atoms with Crippen LogP contribution in [-0.4, -0.2) is 48.0 Å². The lowest BCUT2D eigenvalue weighted by atomic mass is 10.1. The predicted octanol–water partition coefficient (Wildman–Crippen LogP) is 5.68. The van der Waals surface area contributed by atoms with Crippen molar-refractivity contribution in [2.75, 3.05) is 31.5 Å². The fraction of sp³-hybridized carbons (Fsp3) is 0.300. The first-order valence-corrected chi connectivity index (χ1v) is 12.9. The number of carboxylic acid groups (broad SMARTS) is 1. The van der Waals surface area contributed by atoms with Crippen LogP contribution >= 0.6 is 0 Å². The van der Waals surface area contributed by atoms with Crippen LogP contribution in [0.15, 0.2) is 60.9 Å². The second-order valence-corrected chi connectivity index (χ2v) is 9.21. The van der Waals surface area contributed by atoms with Gasteiger partial charge in [-0.1, -0.05) is 6.07 Å². The van der Waals surface area contributed by atoms with Gasteiger partial charge < -0.3 is 34.7 Å². The molecule has 3 aromatic carbocycles. The Morgan fingerprint density at radius 3 is 2.48 bits per heavy atom. The molecular weight excluding hydrogens is 512 g/mol. The van der Waals surface area contributed by atoms with Crippen molar-refractivity contribution in [3.63, 3.8) is 0 Å². The van der Waals surface area contributed by atoms with Crippen LogP contribution in [0.1, 0.15) is 37.9 Å². The smallest absolute Gasteiger partial charge is 0.330 e. The number of nitrogens with one attached hydrogen (secondary N) is 2. The molecule has 4 aromatic rings. The molecule has 10 heteroatoms. The number of nitrogens with zero attached hydrogens (tertiary/aromatic N) is 2. The van der Waals surface area contributed by atoms with Gasteiger partial charge in [0.05, 0.1) is 32.4 Å². The first kappa shape index (κ1) is 28.3. The van der Waals surface area contributed by atoms with Crippen molar-refractivity contribution in [1.82, 2.24) is 9.97 Å². The number of anilines is 2. The Bertz CT molecular complexity index is 1480. The zero-order chi connectivity index (χ0) is 28.6. The Morgan fingerprint density at radius 1 is 0.950 bits per heavy atom. The number of hydrogen-bond donors (Lipinski definition) is 3. The number of fused-ring (bicyclic) bond motifs is 1. The minimum Gasteiger partial charge on any atom is -0.497 e. The lowest BCUT2D eigenvalue weighted by Gasteiger charge is -2.20. The van der Waals surface area contributed by atoms with Gasteiger partial charge in [0, 0.05) is 29.2 Å². The zero-order valence-electron chi connectivity index (χ0n) is 23.2. The minimum atomic E-state index is -1.03. The zero-order valence-corrected chi connectivity index (χ0v) is 23.2. The number of methoxy groups -OCH3 is 2. The molecule has 210 valence electrons. The fourth-order valence-corrected chi connectivity index (χ4v) is 4.24. The van der Waals surface area contributed by atoms with Gasteiger partial charge in [0.1, 0.15) is 23.6 Å². The second-order valence-electron chi connectivity index (χ2n) is 9.21. The maximum Gasteiger partial charge on any atom is 0.330 e. The third-order valence-electron chi connectivity index (χ3n) is 6.10. The van der Waals surface area contributed by atoms with Crippen molar-refractivity contribution < 1.29 is 28.8 Å². The summed E-state index contributed by atoms with van der Waals surface area (Å²) in [6.45, 7) is 6.61. The van der Waals surface area contributed by atoms with Gasteiger partial charge in [0.15, 0.2) is 17.5 Å². The molecule has 0 bridgehead atoms. The average Bonchev–Trinajstić information content (AvgIpc) is 2.95. The monoisotopic (exact) mass is 546 g/mol. The predicted molar refractivity (Wildman–Crippen MR) is 154 cm³/mol. The van der Waals surface area contributed by atoms with Gasteiger partial charge in [-0.3, -0.25) is 0 Å². The number of benzene rings is 3. The van der Waals surface area contributed by atoms with Crippen LogP contribution in [0.5, 0.6) is 23.0 Å². The average molecular weight is 547 g/mol. The highest BCUT2D eigenvalue weighted by molar-refractivity contribution is 5.91. The molecule has 10 nitrogen and oxygen atoms in total. The van der Waals surface area contributed by atoms with Gasteiger partial charge in [0.25, 0.3) is 0 Å². The van der Waals surface area contributed by atoms with Crippen LogP contribution in [0.4, 0.5) is 11.5 Å². The van der Waals surface area contributed by atoms with Crippen molar-refractivity contribution in [3.8, 4) is 23.0 Å². The second kappa shape index (κ2) is 12.9. The molecule has 4 rings (SSSR count). The molecule has 0 saturated carbocycles. The third-order valence-corrected chi connectivity index (χ3v) is 6.10. The Labute approximate surface area is 233 Å². The summed E-state index contributed by atoms with van der Waals surface area (Å²) in [6.07, 6.45) is 1.42. The Kier molecular flexibility index (Phi) is 9.11. The van der Waals surface area contributed by atoms with E-state index in [-0.39, 0.29) is 6.10 Å². The Morgan fingerprint density at radius 2 is 1.77 bits per heavy atom. The number of aromatic nitrogens is 2. The minimum absolute atomic E-state index is 0.0457. The van der Waals surface area contributed by atoms with Crippen LogP contribution in [0.25, 0.3) is 10.9 Å². The first-order valence-electron chi connectivity index (χ1n) is 12.9. The van der Waals surface area contributed by atoms with Gasteiger partial charge >= 0.3 is 5.97 Å². The van der Waals surface area contributed by atoms with Gasteiger partial charge in [-0.2, -0.15) is 0 Å².